The Labute approximate surface area is 86.8 Å². The number of nitrogens with zero attached hydrogens (tertiary/aromatic N) is 1. The summed E-state index contributed by atoms with van der Waals surface area (Å²) in [6.45, 7) is 4.98. The Morgan fingerprint density at radius 3 is 2.67 bits per heavy atom. The highest BCUT2D eigenvalue weighted by atomic mass is 16.2. The van der Waals surface area contributed by atoms with Crippen LogP contribution in [0, 0.1) is 6.92 Å². The fourth-order valence-electron chi connectivity index (χ4n) is 1.32. The van der Waals surface area contributed by atoms with Crippen molar-refractivity contribution in [3.63, 3.8) is 0 Å². The zero-order chi connectivity index (χ0) is 11.6. The van der Waals surface area contributed by atoms with E-state index in [1.165, 1.54) is 10.8 Å². The fourth-order valence-corrected chi connectivity index (χ4v) is 1.32. The van der Waals surface area contributed by atoms with E-state index in [0.717, 1.165) is 0 Å². The maximum absolute atomic E-state index is 11.4. The number of rotatable bonds is 3. The van der Waals surface area contributed by atoms with E-state index in [4.69, 9.17) is 0 Å². The number of nitrogens with one attached hydrogen (secondary N) is 1. The van der Waals surface area contributed by atoms with E-state index in [9.17, 15) is 14.4 Å². The lowest BCUT2D eigenvalue weighted by molar-refractivity contribution is -0.121. The van der Waals surface area contributed by atoms with Gasteiger partial charge in [-0.2, -0.15) is 0 Å². The first-order chi connectivity index (χ1) is 6.97. The van der Waals surface area contributed by atoms with Gasteiger partial charge in [-0.25, -0.2) is 4.79 Å². The molecule has 0 radical (unpaired) electrons. The van der Waals surface area contributed by atoms with Gasteiger partial charge in [0.15, 0.2) is 5.78 Å². The molecule has 0 saturated carbocycles. The predicted molar refractivity (Wildman–Crippen MR) is 56.1 cm³/mol. The summed E-state index contributed by atoms with van der Waals surface area (Å²) in [5.74, 6) is -0.0384. The second-order valence-electron chi connectivity index (χ2n) is 3.47. The van der Waals surface area contributed by atoms with Crippen molar-refractivity contribution in [1.29, 1.82) is 0 Å². The normalized spacial score (nSPS) is 12.5. The van der Waals surface area contributed by atoms with Crippen LogP contribution in [0.25, 0.3) is 0 Å². The second-order valence-corrected chi connectivity index (χ2v) is 3.47. The smallest absolute Gasteiger partial charge is 0.297 e. The summed E-state index contributed by atoms with van der Waals surface area (Å²) >= 11 is 0. The van der Waals surface area contributed by atoms with Gasteiger partial charge in [-0.1, -0.05) is 6.92 Å². The zero-order valence-electron chi connectivity index (χ0n) is 9.03. The molecule has 5 nitrogen and oxygen atoms in total. The molecule has 0 bridgehead atoms. The Morgan fingerprint density at radius 2 is 2.13 bits per heavy atom. The minimum Gasteiger partial charge on any atom is -0.297 e. The van der Waals surface area contributed by atoms with Crippen LogP contribution in [0.3, 0.4) is 0 Å². The lowest BCUT2D eigenvalue weighted by atomic mass is 10.1. The van der Waals surface area contributed by atoms with Gasteiger partial charge in [0.25, 0.3) is 5.56 Å². The molecule has 0 spiro atoms. The van der Waals surface area contributed by atoms with Gasteiger partial charge >= 0.3 is 5.69 Å². The van der Waals surface area contributed by atoms with Crippen molar-refractivity contribution in [2.24, 2.45) is 0 Å². The molecule has 0 aliphatic heterocycles. The maximum atomic E-state index is 11.4. The van der Waals surface area contributed by atoms with Gasteiger partial charge < -0.3 is 0 Å². The standard InChI is InChI=1S/C10H14N2O3/c1-4-8(13)7(3)12-5-6(2)9(14)11-10(12)15/h5,7H,4H2,1-3H3,(H,11,14,15). The lowest BCUT2D eigenvalue weighted by Gasteiger charge is -2.12. The molecule has 5 heteroatoms. The molecule has 1 N–H and O–H groups in total. The summed E-state index contributed by atoms with van der Waals surface area (Å²) in [7, 11) is 0. The molecule has 15 heavy (non-hydrogen) atoms. The van der Waals surface area contributed by atoms with Gasteiger partial charge in [0.1, 0.15) is 0 Å². The SMILES string of the molecule is CCC(=O)C(C)n1cc(C)c(=O)[nH]c1=O. The fraction of sp³-hybridized carbons (Fsp3) is 0.500. The third-order valence-corrected chi connectivity index (χ3v) is 2.38. The van der Waals surface area contributed by atoms with Crippen LogP contribution in [0.15, 0.2) is 15.8 Å². The molecular formula is C10H14N2O3. The first-order valence-corrected chi connectivity index (χ1v) is 4.82. The first kappa shape index (κ1) is 11.4. The Hall–Kier alpha value is -1.65. The van der Waals surface area contributed by atoms with Crippen molar-refractivity contribution in [3.8, 4) is 0 Å². The van der Waals surface area contributed by atoms with Crippen molar-refractivity contribution in [2.75, 3.05) is 0 Å². The molecular weight excluding hydrogens is 196 g/mol. The number of H-pyrrole nitrogens is 1. The highest BCUT2D eigenvalue weighted by Gasteiger charge is 2.14. The Morgan fingerprint density at radius 1 is 1.53 bits per heavy atom. The third kappa shape index (κ3) is 2.23. The number of Topliss-reactive ketones (excluding diaryl/α,β-unsaturated/α-hetero) is 1. The maximum Gasteiger partial charge on any atom is 0.328 e. The van der Waals surface area contributed by atoms with E-state index in [1.54, 1.807) is 20.8 Å². The van der Waals surface area contributed by atoms with Gasteiger partial charge in [0, 0.05) is 18.2 Å². The molecule has 0 saturated heterocycles. The molecule has 1 aromatic heterocycles. The van der Waals surface area contributed by atoms with Gasteiger partial charge in [-0.3, -0.25) is 19.1 Å². The molecule has 0 fully saturated rings. The number of hydrogen-bond acceptors (Lipinski definition) is 3. The van der Waals surface area contributed by atoms with Crippen LogP contribution in [0.1, 0.15) is 31.9 Å². The van der Waals surface area contributed by atoms with Crippen LogP contribution in [0.2, 0.25) is 0 Å². The number of hydrogen-bond donors (Lipinski definition) is 1. The summed E-state index contributed by atoms with van der Waals surface area (Å²) in [6, 6.07) is -0.530. The minimum absolute atomic E-state index is 0.0384. The van der Waals surface area contributed by atoms with E-state index in [2.05, 4.69) is 4.98 Å². The predicted octanol–water partition coefficient (Wildman–Crippen LogP) is 0.385. The number of aryl methyl sites for hydroxylation is 1. The zero-order valence-corrected chi connectivity index (χ0v) is 9.03. The lowest BCUT2D eigenvalue weighted by Crippen LogP contribution is -2.34. The number of ketones is 1. The van der Waals surface area contributed by atoms with Crippen molar-refractivity contribution < 1.29 is 4.79 Å². The highest BCUT2D eigenvalue weighted by Crippen LogP contribution is 2.05. The number of carbonyl (C=O) groups excluding carboxylic acids is 1. The monoisotopic (exact) mass is 210 g/mol. The summed E-state index contributed by atoms with van der Waals surface area (Å²) < 4.78 is 1.25. The minimum atomic E-state index is -0.542. The molecule has 0 aromatic carbocycles. The topological polar surface area (TPSA) is 71.9 Å². The molecule has 1 rings (SSSR count). The quantitative estimate of drug-likeness (QED) is 0.784. The third-order valence-electron chi connectivity index (χ3n) is 2.38. The average molecular weight is 210 g/mol. The summed E-state index contributed by atoms with van der Waals surface area (Å²) in [5.41, 5.74) is -0.530. The summed E-state index contributed by atoms with van der Waals surface area (Å²) in [6.07, 6.45) is 1.78. The molecule has 0 aliphatic carbocycles. The van der Waals surface area contributed by atoms with Crippen LogP contribution >= 0.6 is 0 Å². The molecule has 0 aliphatic rings. The Kier molecular flexibility index (Phi) is 3.24. The Balaban J connectivity index is 3.27. The van der Waals surface area contributed by atoms with Gasteiger partial charge in [-0.15, -0.1) is 0 Å². The van der Waals surface area contributed by atoms with Crippen LogP contribution in [-0.2, 0) is 4.79 Å². The first-order valence-electron chi connectivity index (χ1n) is 4.82. The van der Waals surface area contributed by atoms with Gasteiger partial charge in [0.05, 0.1) is 6.04 Å². The van der Waals surface area contributed by atoms with Crippen LogP contribution in [0.4, 0.5) is 0 Å². The molecule has 0 amide bonds. The largest absolute Gasteiger partial charge is 0.328 e. The molecule has 1 unspecified atom stereocenters. The van der Waals surface area contributed by atoms with Gasteiger partial charge in [-0.05, 0) is 13.8 Å². The van der Waals surface area contributed by atoms with Crippen LogP contribution in [0.5, 0.6) is 0 Å². The van der Waals surface area contributed by atoms with Crippen molar-refractivity contribution >= 4 is 5.78 Å². The molecule has 82 valence electrons. The van der Waals surface area contributed by atoms with E-state index in [1.807, 2.05) is 0 Å². The Bertz CT molecular complexity index is 484. The summed E-state index contributed by atoms with van der Waals surface area (Å²) in [4.78, 5) is 36.1. The number of aromatic nitrogens is 2. The van der Waals surface area contributed by atoms with E-state index < -0.39 is 17.3 Å². The van der Waals surface area contributed by atoms with Crippen LogP contribution < -0.4 is 11.2 Å². The second kappa shape index (κ2) is 4.25. The number of carbonyl (C=O) groups is 1. The molecule has 1 atom stereocenters. The van der Waals surface area contributed by atoms with Crippen molar-refractivity contribution in [3.05, 3.63) is 32.6 Å². The summed E-state index contributed by atoms with van der Waals surface area (Å²) in [5, 5.41) is 0. The van der Waals surface area contributed by atoms with E-state index >= 15 is 0 Å². The van der Waals surface area contributed by atoms with E-state index in [-0.39, 0.29) is 5.78 Å². The highest BCUT2D eigenvalue weighted by molar-refractivity contribution is 5.81. The van der Waals surface area contributed by atoms with E-state index in [0.29, 0.717) is 12.0 Å². The molecule has 1 aromatic rings. The van der Waals surface area contributed by atoms with Gasteiger partial charge in [0.2, 0.25) is 0 Å². The molecule has 1 heterocycles. The van der Waals surface area contributed by atoms with Crippen molar-refractivity contribution in [1.82, 2.24) is 9.55 Å². The number of aromatic amines is 1. The van der Waals surface area contributed by atoms with Crippen molar-refractivity contribution in [2.45, 2.75) is 33.2 Å². The average Bonchev–Trinajstić information content (AvgIpc) is 2.21. The van der Waals surface area contributed by atoms with Crippen LogP contribution in [-0.4, -0.2) is 15.3 Å².